The van der Waals surface area contributed by atoms with Gasteiger partial charge in [0, 0.05) is 5.56 Å². The number of amides is 1. The number of carbonyl (C=O) groups is 1. The van der Waals surface area contributed by atoms with Crippen LogP contribution in [0, 0.1) is 12.7 Å². The first kappa shape index (κ1) is 14.1. The zero-order valence-electron chi connectivity index (χ0n) is 11.6. The second-order valence-corrected chi connectivity index (χ2v) is 4.52. The molecule has 0 bridgehead atoms. The van der Waals surface area contributed by atoms with Crippen LogP contribution in [0.1, 0.15) is 34.6 Å². The van der Waals surface area contributed by atoms with Crippen LogP contribution >= 0.6 is 0 Å². The van der Waals surface area contributed by atoms with Crippen molar-refractivity contribution < 1.29 is 18.3 Å². The Morgan fingerprint density at radius 1 is 1.40 bits per heavy atom. The van der Waals surface area contributed by atoms with Gasteiger partial charge >= 0.3 is 0 Å². The third kappa shape index (κ3) is 2.82. The summed E-state index contributed by atoms with van der Waals surface area (Å²) in [6, 6.07) is 5.96. The molecule has 0 aliphatic rings. The maximum atomic E-state index is 13.6. The molecule has 20 heavy (non-hydrogen) atoms. The molecule has 1 amide bonds. The molecule has 106 valence electrons. The minimum Gasteiger partial charge on any atom is -0.494 e. The van der Waals surface area contributed by atoms with E-state index in [0.717, 1.165) is 5.56 Å². The molecular weight excluding hydrogens is 261 g/mol. The smallest absolute Gasteiger partial charge is 0.287 e. The molecule has 5 heteroatoms. The number of methoxy groups -OCH3 is 1. The summed E-state index contributed by atoms with van der Waals surface area (Å²) in [5.74, 6) is -0.337. The Hall–Kier alpha value is -2.30. The van der Waals surface area contributed by atoms with Crippen LogP contribution in [-0.4, -0.2) is 13.0 Å². The van der Waals surface area contributed by atoms with Crippen molar-refractivity contribution in [2.45, 2.75) is 19.9 Å². The first-order chi connectivity index (χ1) is 9.52. The predicted molar refractivity (Wildman–Crippen MR) is 72.3 cm³/mol. The average molecular weight is 277 g/mol. The Balaban J connectivity index is 2.12. The maximum Gasteiger partial charge on any atom is 0.287 e. The summed E-state index contributed by atoms with van der Waals surface area (Å²) in [7, 11) is 1.41. The Morgan fingerprint density at radius 2 is 2.15 bits per heavy atom. The fourth-order valence-corrected chi connectivity index (χ4v) is 1.90. The molecule has 0 aliphatic carbocycles. The number of carbonyl (C=O) groups excluding carboxylic acids is 1. The summed E-state index contributed by atoms with van der Waals surface area (Å²) < 4.78 is 23.6. The molecule has 1 unspecified atom stereocenters. The van der Waals surface area contributed by atoms with Gasteiger partial charge in [0.15, 0.2) is 17.3 Å². The highest BCUT2D eigenvalue weighted by Gasteiger charge is 2.17. The van der Waals surface area contributed by atoms with Crippen molar-refractivity contribution in [2.24, 2.45) is 0 Å². The summed E-state index contributed by atoms with van der Waals surface area (Å²) in [5.41, 5.74) is 1.41. The van der Waals surface area contributed by atoms with E-state index in [2.05, 4.69) is 5.32 Å². The molecule has 0 aliphatic heterocycles. The van der Waals surface area contributed by atoms with Gasteiger partial charge in [-0.2, -0.15) is 0 Å². The van der Waals surface area contributed by atoms with Crippen molar-refractivity contribution in [3.63, 3.8) is 0 Å². The number of hydrogen-bond donors (Lipinski definition) is 1. The Bertz CT molecular complexity index is 621. The third-order valence-electron chi connectivity index (χ3n) is 3.09. The van der Waals surface area contributed by atoms with Crippen molar-refractivity contribution in [1.82, 2.24) is 5.32 Å². The van der Waals surface area contributed by atoms with E-state index in [1.54, 1.807) is 26.0 Å². The molecule has 1 atom stereocenters. The highest BCUT2D eigenvalue weighted by atomic mass is 19.1. The van der Waals surface area contributed by atoms with Crippen molar-refractivity contribution in [2.75, 3.05) is 7.11 Å². The van der Waals surface area contributed by atoms with Crippen LogP contribution in [0.4, 0.5) is 4.39 Å². The van der Waals surface area contributed by atoms with Gasteiger partial charge in [-0.05, 0) is 37.6 Å². The lowest BCUT2D eigenvalue weighted by Crippen LogP contribution is -2.26. The van der Waals surface area contributed by atoms with Crippen molar-refractivity contribution in [3.05, 3.63) is 53.2 Å². The van der Waals surface area contributed by atoms with Crippen molar-refractivity contribution in [1.29, 1.82) is 0 Å². The second kappa shape index (κ2) is 5.77. The molecule has 0 radical (unpaired) electrons. The quantitative estimate of drug-likeness (QED) is 0.933. The molecule has 0 spiro atoms. The van der Waals surface area contributed by atoms with Crippen molar-refractivity contribution in [3.8, 4) is 5.75 Å². The van der Waals surface area contributed by atoms with Gasteiger partial charge in [-0.25, -0.2) is 4.39 Å². The highest BCUT2D eigenvalue weighted by molar-refractivity contribution is 5.93. The minimum absolute atomic E-state index is 0.175. The Kier molecular flexibility index (Phi) is 4.08. The Labute approximate surface area is 116 Å². The summed E-state index contributed by atoms with van der Waals surface area (Å²) in [5, 5.41) is 2.76. The van der Waals surface area contributed by atoms with Crippen LogP contribution in [-0.2, 0) is 0 Å². The van der Waals surface area contributed by atoms with Gasteiger partial charge in [-0.1, -0.05) is 6.07 Å². The second-order valence-electron chi connectivity index (χ2n) is 4.52. The lowest BCUT2D eigenvalue weighted by atomic mass is 10.1. The topological polar surface area (TPSA) is 51.5 Å². The van der Waals surface area contributed by atoms with Gasteiger partial charge in [-0.15, -0.1) is 0 Å². The number of rotatable bonds is 4. The van der Waals surface area contributed by atoms with Crippen LogP contribution < -0.4 is 10.1 Å². The highest BCUT2D eigenvalue weighted by Crippen LogP contribution is 2.22. The van der Waals surface area contributed by atoms with Gasteiger partial charge < -0.3 is 14.5 Å². The fourth-order valence-electron chi connectivity index (χ4n) is 1.90. The van der Waals surface area contributed by atoms with E-state index in [1.165, 1.54) is 25.5 Å². The molecule has 1 N–H and O–H groups in total. The van der Waals surface area contributed by atoms with E-state index in [4.69, 9.17) is 9.15 Å². The molecule has 1 aromatic heterocycles. The van der Waals surface area contributed by atoms with Gasteiger partial charge in [0.2, 0.25) is 0 Å². The molecule has 4 nitrogen and oxygen atoms in total. The summed E-state index contributed by atoms with van der Waals surface area (Å²) >= 11 is 0. The Morgan fingerprint density at radius 3 is 2.70 bits per heavy atom. The van der Waals surface area contributed by atoms with Crippen molar-refractivity contribution >= 4 is 5.91 Å². The number of furan rings is 1. The summed E-state index contributed by atoms with van der Waals surface area (Å²) in [6.07, 6.45) is 1.46. The number of nitrogens with one attached hydrogen (secondary N) is 1. The number of aryl methyl sites for hydroxylation is 1. The van der Waals surface area contributed by atoms with E-state index in [1.807, 2.05) is 0 Å². The van der Waals surface area contributed by atoms with E-state index in [9.17, 15) is 9.18 Å². The predicted octanol–water partition coefficient (Wildman–Crippen LogP) is 3.23. The van der Waals surface area contributed by atoms with E-state index >= 15 is 0 Å². The number of halogens is 1. The van der Waals surface area contributed by atoms with Crippen LogP contribution in [0.25, 0.3) is 0 Å². The van der Waals surface area contributed by atoms with E-state index in [0.29, 0.717) is 5.56 Å². The normalized spacial score (nSPS) is 12.0. The molecule has 0 saturated heterocycles. The summed E-state index contributed by atoms with van der Waals surface area (Å²) in [4.78, 5) is 12.0. The monoisotopic (exact) mass is 277 g/mol. The molecule has 2 rings (SSSR count). The van der Waals surface area contributed by atoms with E-state index in [-0.39, 0.29) is 23.5 Å². The van der Waals surface area contributed by atoms with Crippen LogP contribution in [0.3, 0.4) is 0 Å². The molecule has 0 fully saturated rings. The lowest BCUT2D eigenvalue weighted by Gasteiger charge is -2.14. The zero-order valence-corrected chi connectivity index (χ0v) is 11.6. The first-order valence-electron chi connectivity index (χ1n) is 6.21. The molecular formula is C15H16FNO3. The zero-order chi connectivity index (χ0) is 14.7. The summed E-state index contributed by atoms with van der Waals surface area (Å²) in [6.45, 7) is 3.56. The van der Waals surface area contributed by atoms with E-state index < -0.39 is 5.82 Å². The van der Waals surface area contributed by atoms with Gasteiger partial charge in [0.25, 0.3) is 5.91 Å². The number of benzene rings is 1. The van der Waals surface area contributed by atoms with Gasteiger partial charge in [-0.3, -0.25) is 4.79 Å². The number of ether oxygens (including phenoxy) is 1. The van der Waals surface area contributed by atoms with Crippen LogP contribution in [0.15, 0.2) is 34.9 Å². The lowest BCUT2D eigenvalue weighted by molar-refractivity contribution is 0.0911. The molecule has 0 saturated carbocycles. The SMILES string of the molecule is COc1ccc(C(C)NC(=O)c2occc2C)cc1F. The maximum absolute atomic E-state index is 13.6. The molecule has 2 aromatic rings. The number of hydrogen-bond acceptors (Lipinski definition) is 3. The van der Waals surface area contributed by atoms with Crippen LogP contribution in [0.2, 0.25) is 0 Å². The fraction of sp³-hybridized carbons (Fsp3) is 0.267. The molecule has 1 aromatic carbocycles. The van der Waals surface area contributed by atoms with Gasteiger partial charge in [0.05, 0.1) is 19.4 Å². The first-order valence-corrected chi connectivity index (χ1v) is 6.21. The largest absolute Gasteiger partial charge is 0.494 e. The van der Waals surface area contributed by atoms with Gasteiger partial charge in [0.1, 0.15) is 0 Å². The standard InChI is InChI=1S/C15H16FNO3/c1-9-6-7-20-14(9)15(18)17-10(2)11-4-5-13(19-3)12(16)8-11/h4-8,10H,1-3H3,(H,17,18). The average Bonchev–Trinajstić information content (AvgIpc) is 2.84. The molecule has 1 heterocycles. The van der Waals surface area contributed by atoms with Crippen LogP contribution in [0.5, 0.6) is 5.75 Å². The third-order valence-corrected chi connectivity index (χ3v) is 3.09. The minimum atomic E-state index is -0.458.